The van der Waals surface area contributed by atoms with E-state index in [0.29, 0.717) is 0 Å². The number of aromatic amines is 1. The number of aliphatic hydroxyl groups excluding tert-OH is 5. The van der Waals surface area contributed by atoms with Gasteiger partial charge >= 0.3 is 27.0 Å². The number of ether oxygens (including phenoxy) is 3. The summed E-state index contributed by atoms with van der Waals surface area (Å²) in [6, 6.07) is 1.21. The number of phosphoric acid groups is 2. The summed E-state index contributed by atoms with van der Waals surface area (Å²) < 4.78 is 67.0. The third kappa shape index (κ3) is 8.57. The van der Waals surface area contributed by atoms with Crippen LogP contribution in [-0.4, -0.2) is 149 Å². The summed E-state index contributed by atoms with van der Waals surface area (Å²) in [6.07, 6.45) is -16.3. The first kappa shape index (κ1) is 43.7. The minimum absolute atomic E-state index is 0.0129. The van der Waals surface area contributed by atoms with Crippen molar-refractivity contribution in [1.29, 1.82) is 0 Å². The Bertz CT molecular complexity index is 2500. The number of hydrogen-bond donors (Lipinski definition) is 10. The van der Waals surface area contributed by atoms with E-state index in [4.69, 9.17) is 43.8 Å². The van der Waals surface area contributed by atoms with Crippen LogP contribution >= 0.6 is 15.6 Å². The van der Waals surface area contributed by atoms with Gasteiger partial charge in [0.2, 0.25) is 0 Å². The van der Waals surface area contributed by atoms with Gasteiger partial charge in [0, 0.05) is 18.0 Å². The normalized spacial score (nSPS) is 32.7. The van der Waals surface area contributed by atoms with Gasteiger partial charge in [-0.1, -0.05) is 0 Å². The number of aryl methyl sites for hydroxylation is 1. The number of nitrogen functional groups attached to an aromatic ring is 2. The number of fused-ring (bicyclic) bond motifs is 1. The molecule has 3 aliphatic rings. The van der Waals surface area contributed by atoms with E-state index in [1.807, 2.05) is 4.98 Å². The highest BCUT2D eigenvalue weighted by Gasteiger charge is 2.53. The number of aliphatic hydroxyl groups is 5. The van der Waals surface area contributed by atoms with Gasteiger partial charge in [-0.2, -0.15) is 4.98 Å². The predicted octanol–water partition coefficient (Wildman–Crippen LogP) is -4.76. The highest BCUT2D eigenvalue weighted by atomic mass is 31.2. The number of nitrogens with zero attached hydrogens (tertiary/aromatic N) is 7. The van der Waals surface area contributed by atoms with Crippen molar-refractivity contribution in [2.45, 2.75) is 80.5 Å². The second-order valence-corrected chi connectivity index (χ2v) is 16.4. The van der Waals surface area contributed by atoms with E-state index >= 15 is 0 Å². The quantitative estimate of drug-likeness (QED) is 0.0531. The summed E-state index contributed by atoms with van der Waals surface area (Å²) in [7, 11) is -10.7. The van der Waals surface area contributed by atoms with Crippen LogP contribution < -0.4 is 28.4 Å². The summed E-state index contributed by atoms with van der Waals surface area (Å²) in [5.41, 5.74) is 8.86. The van der Waals surface area contributed by atoms with Crippen molar-refractivity contribution in [2.75, 3.05) is 31.3 Å². The van der Waals surface area contributed by atoms with Gasteiger partial charge in [0.05, 0.1) is 26.1 Å². The number of nitrogens with two attached hydrogens (primary N) is 2. The third-order valence-electron chi connectivity index (χ3n) is 9.66. The average Bonchev–Trinajstić information content (AvgIpc) is 3.91. The molecule has 2 unspecified atom stereocenters. The number of H-pyrrole nitrogens is 1. The standard InChI is InChI=1S/C29H38N10O19P2/c1-10-4-38(29(47)36-24(10)45)25-17(42)16(41)12(55-25)6-52-59(48,49)58-21-13(56-27(19(21)44)39-9-34-15-22(31)32-8-33-23(15)39)7-53-60(50,51)57-20-11(5-40)54-26(18(20)43)37-3-2-14(30)35-28(37)46/h2-4,8-9,11-13,16-21,25-27,40-44H,5-7H2,1H3,(H,48,49)(H,50,51)(H2,30,35,46)(H2,31,32,33)(H,36,45,47)/t11-,12-,13-,16-,17-,18-,19-,20-,21-,25-,26-,27-/m1/s1. The minimum atomic E-state index is -5.38. The van der Waals surface area contributed by atoms with Gasteiger partial charge in [0.1, 0.15) is 72.6 Å². The molecule has 0 aromatic carbocycles. The fourth-order valence-corrected chi connectivity index (χ4v) is 8.62. The van der Waals surface area contributed by atoms with Gasteiger partial charge in [-0.15, -0.1) is 0 Å². The van der Waals surface area contributed by atoms with Crippen LogP contribution in [0.2, 0.25) is 0 Å². The van der Waals surface area contributed by atoms with Crippen LogP contribution in [0.3, 0.4) is 0 Å². The molecular formula is C29H38N10O19P2. The molecule has 29 nitrogen and oxygen atoms in total. The number of rotatable bonds is 14. The number of imidazole rings is 1. The Hall–Kier alpha value is -4.39. The van der Waals surface area contributed by atoms with E-state index in [9.17, 15) is 58.8 Å². The van der Waals surface area contributed by atoms with Gasteiger partial charge in [-0.25, -0.2) is 33.7 Å². The van der Waals surface area contributed by atoms with E-state index in [1.165, 1.54) is 13.0 Å². The van der Waals surface area contributed by atoms with Crippen LogP contribution in [-0.2, 0) is 41.4 Å². The Kier molecular flexibility index (Phi) is 12.2. The summed E-state index contributed by atoms with van der Waals surface area (Å²) in [5, 5.41) is 53.5. The van der Waals surface area contributed by atoms with Crippen LogP contribution in [0, 0.1) is 6.92 Å². The van der Waals surface area contributed by atoms with Gasteiger partial charge in [-0.05, 0) is 13.0 Å². The maximum absolute atomic E-state index is 13.4. The molecule has 31 heteroatoms. The lowest BCUT2D eigenvalue weighted by Gasteiger charge is -2.25. The van der Waals surface area contributed by atoms with Gasteiger partial charge in [0.15, 0.2) is 30.1 Å². The first-order chi connectivity index (χ1) is 28.3. The topological polar surface area (TPSA) is 426 Å². The van der Waals surface area contributed by atoms with Crippen LogP contribution in [0.1, 0.15) is 24.2 Å². The summed E-state index contributed by atoms with van der Waals surface area (Å²) >= 11 is 0. The fourth-order valence-electron chi connectivity index (χ4n) is 6.69. The first-order valence-corrected chi connectivity index (χ1v) is 20.5. The molecule has 3 aliphatic heterocycles. The molecule has 14 atom stereocenters. The molecule has 0 saturated carbocycles. The van der Waals surface area contributed by atoms with Crippen molar-refractivity contribution in [1.82, 2.24) is 38.6 Å². The summed E-state index contributed by atoms with van der Waals surface area (Å²) in [6.45, 7) is -1.53. The molecule has 7 rings (SSSR count). The zero-order valence-electron chi connectivity index (χ0n) is 30.6. The molecule has 0 radical (unpaired) electrons. The van der Waals surface area contributed by atoms with Crippen molar-refractivity contribution >= 4 is 38.4 Å². The van der Waals surface area contributed by atoms with E-state index in [-0.39, 0.29) is 28.4 Å². The third-order valence-corrected chi connectivity index (χ3v) is 11.6. The molecule has 4 aromatic rings. The van der Waals surface area contributed by atoms with Gasteiger partial charge < -0.3 is 61.0 Å². The highest BCUT2D eigenvalue weighted by molar-refractivity contribution is 7.47. The second kappa shape index (κ2) is 16.8. The van der Waals surface area contributed by atoms with E-state index in [1.54, 1.807) is 0 Å². The van der Waals surface area contributed by atoms with E-state index < -0.39 is 126 Å². The number of aromatic nitrogens is 8. The Balaban J connectivity index is 1.07. The predicted molar refractivity (Wildman–Crippen MR) is 193 cm³/mol. The molecule has 7 heterocycles. The van der Waals surface area contributed by atoms with Crippen molar-refractivity contribution in [3.63, 3.8) is 0 Å². The molecule has 4 aromatic heterocycles. The molecule has 0 aliphatic carbocycles. The summed E-state index contributed by atoms with van der Waals surface area (Å²) in [4.78, 5) is 75.7. The SMILES string of the molecule is Cc1cn([C@@H]2O[C@H](COP(=O)(O)O[C@H]3[C@@H](O)[C@H](n4cnc5c(N)ncnc54)O[C@@H]3COP(=O)(O)O[C@H]3[C@@H](O)[C@H](n4ccc(N)nc4=O)O[C@@H]3CO)[C@@H](O)[C@H]2O)c(=O)[nH]c1=O. The van der Waals surface area contributed by atoms with Crippen molar-refractivity contribution in [3.8, 4) is 0 Å². The molecule has 12 N–H and O–H groups in total. The molecule has 0 spiro atoms. The summed E-state index contributed by atoms with van der Waals surface area (Å²) in [5.74, 6) is -0.211. The molecule has 3 saturated heterocycles. The fraction of sp³-hybridized carbons (Fsp3) is 0.552. The Morgan fingerprint density at radius 1 is 0.800 bits per heavy atom. The smallest absolute Gasteiger partial charge is 0.394 e. The Labute approximate surface area is 333 Å². The number of anilines is 2. The molecule has 0 bridgehead atoms. The molecule has 328 valence electrons. The Morgan fingerprint density at radius 2 is 1.38 bits per heavy atom. The zero-order valence-corrected chi connectivity index (χ0v) is 32.4. The van der Waals surface area contributed by atoms with Gasteiger partial charge in [0.25, 0.3) is 5.56 Å². The minimum Gasteiger partial charge on any atom is -0.394 e. The van der Waals surface area contributed by atoms with Crippen molar-refractivity contribution in [2.24, 2.45) is 0 Å². The van der Waals surface area contributed by atoms with Crippen LogP contribution in [0.5, 0.6) is 0 Å². The van der Waals surface area contributed by atoms with Crippen molar-refractivity contribution < 1.29 is 76.8 Å². The van der Waals surface area contributed by atoms with Crippen LogP contribution in [0.4, 0.5) is 11.6 Å². The second-order valence-electron chi connectivity index (χ2n) is 13.6. The average molecular weight is 893 g/mol. The van der Waals surface area contributed by atoms with Gasteiger partial charge in [-0.3, -0.25) is 41.6 Å². The molecule has 60 heavy (non-hydrogen) atoms. The number of hydrogen-bond acceptors (Lipinski definition) is 23. The van der Waals surface area contributed by atoms with E-state index in [2.05, 4.69) is 19.9 Å². The first-order valence-electron chi connectivity index (χ1n) is 17.5. The van der Waals surface area contributed by atoms with Crippen molar-refractivity contribution in [3.05, 3.63) is 68.0 Å². The maximum Gasteiger partial charge on any atom is 0.472 e. The van der Waals surface area contributed by atoms with Crippen LogP contribution in [0.15, 0.2) is 45.5 Å². The number of nitrogens with one attached hydrogen (secondary N) is 1. The maximum atomic E-state index is 13.4. The largest absolute Gasteiger partial charge is 0.472 e. The van der Waals surface area contributed by atoms with E-state index in [0.717, 1.165) is 38.7 Å². The lowest BCUT2D eigenvalue weighted by Crippen LogP contribution is -2.38. The zero-order chi connectivity index (χ0) is 43.4. The highest BCUT2D eigenvalue weighted by Crippen LogP contribution is 2.52. The lowest BCUT2D eigenvalue weighted by molar-refractivity contribution is -0.0633. The molecule has 3 fully saturated rings. The lowest BCUT2D eigenvalue weighted by atomic mass is 10.1. The monoisotopic (exact) mass is 892 g/mol. The van der Waals surface area contributed by atoms with Crippen LogP contribution in [0.25, 0.3) is 11.2 Å². The molecular weight excluding hydrogens is 854 g/mol. The molecule has 0 amide bonds. The Morgan fingerprint density at radius 3 is 2.03 bits per heavy atom. The number of phosphoric ester groups is 2.